The molecule has 1 atom stereocenters. The van der Waals surface area contributed by atoms with Crippen LogP contribution < -0.4 is 10.2 Å². The molecular formula is C32H37N7O5. The van der Waals surface area contributed by atoms with Crippen LogP contribution in [0, 0.1) is 12.8 Å². The largest absolute Gasteiger partial charge is 0.462 e. The van der Waals surface area contributed by atoms with Gasteiger partial charge in [-0.15, -0.1) is 5.10 Å². The number of para-hydroxylation sites is 1. The molecule has 1 fully saturated rings. The molecule has 1 unspecified atom stereocenters. The Bertz CT molecular complexity index is 1580. The Hall–Kier alpha value is -4.71. The second-order valence-electron chi connectivity index (χ2n) is 11.1. The number of carbonyl (C=O) groups is 2. The minimum Gasteiger partial charge on any atom is -0.462 e. The van der Waals surface area contributed by atoms with Crippen LogP contribution in [0.2, 0.25) is 0 Å². The number of aromatic nitrogens is 5. The molecule has 0 amide bonds. The first-order chi connectivity index (χ1) is 21.5. The monoisotopic (exact) mass is 599 g/mol. The number of hydrogen-bond donors (Lipinski definition) is 2. The van der Waals surface area contributed by atoms with Crippen molar-refractivity contribution in [3.8, 4) is 17.2 Å². The van der Waals surface area contributed by atoms with Crippen LogP contribution in [0.4, 0.5) is 11.4 Å². The van der Waals surface area contributed by atoms with Gasteiger partial charge in [0.05, 0.1) is 28.6 Å². The number of aromatic amines is 1. The number of fused-ring (bicyclic) bond motifs is 1. The van der Waals surface area contributed by atoms with Crippen LogP contribution >= 0.6 is 0 Å². The third-order valence-electron chi connectivity index (χ3n) is 8.04. The fourth-order valence-electron chi connectivity index (χ4n) is 5.94. The second-order valence-corrected chi connectivity index (χ2v) is 11.1. The van der Waals surface area contributed by atoms with E-state index in [-0.39, 0.29) is 25.1 Å². The highest BCUT2D eigenvalue weighted by atomic mass is 16.6. The number of ether oxygens (including phenoxy) is 3. The lowest BCUT2D eigenvalue weighted by atomic mass is 9.89. The molecule has 44 heavy (non-hydrogen) atoms. The number of nitrogens with zero attached hydrogens (tertiary/aromatic N) is 5. The van der Waals surface area contributed by atoms with Crippen LogP contribution in [-0.4, -0.2) is 63.3 Å². The highest BCUT2D eigenvalue weighted by Crippen LogP contribution is 2.39. The average molecular weight is 600 g/mol. The third kappa shape index (κ3) is 6.30. The van der Waals surface area contributed by atoms with Crippen molar-refractivity contribution in [3.63, 3.8) is 0 Å². The van der Waals surface area contributed by atoms with Crippen LogP contribution in [0.5, 0.6) is 0 Å². The number of benzene rings is 2. The van der Waals surface area contributed by atoms with Crippen molar-refractivity contribution in [2.24, 2.45) is 5.92 Å². The molecular weight excluding hydrogens is 562 g/mol. The van der Waals surface area contributed by atoms with E-state index in [9.17, 15) is 9.59 Å². The number of aryl methyl sites for hydroxylation is 1. The van der Waals surface area contributed by atoms with E-state index < -0.39 is 12.3 Å². The Morgan fingerprint density at radius 2 is 1.82 bits per heavy atom. The number of hydrogen-bond acceptors (Lipinski definition) is 10. The number of nitrogens with one attached hydrogen (secondary N) is 2. The zero-order valence-corrected chi connectivity index (χ0v) is 25.0. The second kappa shape index (κ2) is 13.3. The van der Waals surface area contributed by atoms with Gasteiger partial charge in [-0.05, 0) is 78.6 Å². The fraction of sp³-hybridized carbons (Fsp3) is 0.406. The Balaban J connectivity index is 1.15. The average Bonchev–Trinajstić information content (AvgIpc) is 3.79. The Morgan fingerprint density at radius 3 is 2.57 bits per heavy atom. The van der Waals surface area contributed by atoms with Crippen molar-refractivity contribution >= 4 is 23.3 Å². The molecule has 12 heteroatoms. The molecule has 1 aliphatic carbocycles. The molecule has 4 aromatic rings. The first-order valence-electron chi connectivity index (χ1n) is 15.2. The van der Waals surface area contributed by atoms with Crippen LogP contribution in [0.1, 0.15) is 60.5 Å². The summed E-state index contributed by atoms with van der Waals surface area (Å²) < 4.78 is 19.0. The fourth-order valence-corrected chi connectivity index (χ4v) is 5.94. The third-order valence-corrected chi connectivity index (χ3v) is 8.04. The molecule has 12 nitrogen and oxygen atoms in total. The summed E-state index contributed by atoms with van der Waals surface area (Å²) in [6.45, 7) is 4.97. The lowest BCUT2D eigenvalue weighted by molar-refractivity contribution is -0.150. The summed E-state index contributed by atoms with van der Waals surface area (Å²) >= 11 is 0. The minimum atomic E-state index is -0.479. The lowest BCUT2D eigenvalue weighted by Gasteiger charge is -2.27. The number of H-pyrrole nitrogens is 1. The molecule has 0 spiro atoms. The van der Waals surface area contributed by atoms with E-state index in [0.717, 1.165) is 53.9 Å². The summed E-state index contributed by atoms with van der Waals surface area (Å²) in [6.07, 6.45) is 6.59. The van der Waals surface area contributed by atoms with Crippen LogP contribution in [-0.2, 0) is 25.5 Å². The highest BCUT2D eigenvalue weighted by molar-refractivity contribution is 6.00. The molecule has 230 valence electrons. The molecule has 3 heterocycles. The summed E-state index contributed by atoms with van der Waals surface area (Å²) in [6, 6.07) is 15.7. The van der Waals surface area contributed by atoms with Gasteiger partial charge in [-0.1, -0.05) is 37.5 Å². The standard InChI is InChI=1S/C32H37N7O5/c1-3-42-32-33-26-11-7-10-25(31(41)44-17-16-43-30(40)23-8-5-4-6-9-23)28(26)39(32)20-22-12-14-24(15-13-22)38-19-21(2)18-27(38)29-34-36-37-35-29/h7,10-15,18-19,23,32-33H,3-6,8-9,16-17,20H2,1-2H3,(H,34,35,36,37). The van der Waals surface area contributed by atoms with Gasteiger partial charge in [0.1, 0.15) is 13.2 Å². The van der Waals surface area contributed by atoms with E-state index in [2.05, 4.69) is 38.1 Å². The van der Waals surface area contributed by atoms with E-state index in [1.807, 2.05) is 59.8 Å². The zero-order valence-electron chi connectivity index (χ0n) is 25.0. The summed E-state index contributed by atoms with van der Waals surface area (Å²) in [4.78, 5) is 27.6. The van der Waals surface area contributed by atoms with Gasteiger partial charge in [0.15, 0.2) is 5.82 Å². The normalized spacial score (nSPS) is 16.4. The maximum absolute atomic E-state index is 13.3. The van der Waals surface area contributed by atoms with Crippen LogP contribution in [0.3, 0.4) is 0 Å². The maximum Gasteiger partial charge on any atom is 0.340 e. The van der Waals surface area contributed by atoms with Gasteiger partial charge in [-0.25, -0.2) is 9.89 Å². The van der Waals surface area contributed by atoms with Crippen LogP contribution in [0.15, 0.2) is 54.7 Å². The predicted molar refractivity (Wildman–Crippen MR) is 163 cm³/mol. The summed E-state index contributed by atoms with van der Waals surface area (Å²) in [5.41, 5.74) is 5.84. The van der Waals surface area contributed by atoms with Crippen molar-refractivity contribution in [2.75, 3.05) is 30.0 Å². The molecule has 2 N–H and O–H groups in total. The van der Waals surface area contributed by atoms with Crippen molar-refractivity contribution in [1.29, 1.82) is 0 Å². The molecule has 2 aromatic heterocycles. The van der Waals surface area contributed by atoms with Gasteiger partial charge in [-0.2, -0.15) is 0 Å². The molecule has 0 radical (unpaired) electrons. The Morgan fingerprint density at radius 1 is 1.02 bits per heavy atom. The molecule has 1 aliphatic heterocycles. The molecule has 2 aliphatic rings. The molecule has 0 saturated heterocycles. The summed E-state index contributed by atoms with van der Waals surface area (Å²) in [7, 11) is 0. The van der Waals surface area contributed by atoms with E-state index in [0.29, 0.717) is 30.2 Å². The van der Waals surface area contributed by atoms with Gasteiger partial charge >= 0.3 is 11.9 Å². The lowest BCUT2D eigenvalue weighted by Crippen LogP contribution is -2.38. The predicted octanol–water partition coefficient (Wildman–Crippen LogP) is 5.00. The molecule has 0 bridgehead atoms. The Kier molecular flexibility index (Phi) is 8.87. The van der Waals surface area contributed by atoms with Crippen molar-refractivity contribution in [2.45, 2.75) is 58.8 Å². The topological polar surface area (TPSA) is 136 Å². The SMILES string of the molecule is CCOC1Nc2cccc(C(=O)OCCOC(=O)C3CCCCC3)c2N1Cc1ccc(-n2cc(C)cc2-c2nnn[nH]2)cc1. The summed E-state index contributed by atoms with van der Waals surface area (Å²) in [5.74, 6) is -0.128. The number of esters is 2. The van der Waals surface area contributed by atoms with Crippen LogP contribution in [0.25, 0.3) is 17.2 Å². The highest BCUT2D eigenvalue weighted by Gasteiger charge is 2.33. The molecule has 2 aromatic carbocycles. The van der Waals surface area contributed by atoms with Gasteiger partial charge in [-0.3, -0.25) is 4.79 Å². The molecule has 6 rings (SSSR count). The van der Waals surface area contributed by atoms with Gasteiger partial charge < -0.3 is 29.0 Å². The number of rotatable bonds is 11. The van der Waals surface area contributed by atoms with Crippen molar-refractivity contribution in [3.05, 3.63) is 71.4 Å². The first-order valence-corrected chi connectivity index (χ1v) is 15.2. The van der Waals surface area contributed by atoms with Gasteiger partial charge in [0, 0.05) is 25.0 Å². The molecule has 1 saturated carbocycles. The van der Waals surface area contributed by atoms with Crippen molar-refractivity contribution in [1.82, 2.24) is 25.2 Å². The Labute approximate surface area is 255 Å². The van der Waals surface area contributed by atoms with Gasteiger partial charge in [0.2, 0.25) is 6.35 Å². The number of anilines is 2. The minimum absolute atomic E-state index is 0.00424. The van der Waals surface area contributed by atoms with E-state index in [1.165, 1.54) is 6.42 Å². The summed E-state index contributed by atoms with van der Waals surface area (Å²) in [5, 5.41) is 17.7. The zero-order chi connectivity index (χ0) is 30.5. The quantitative estimate of drug-likeness (QED) is 0.179. The van der Waals surface area contributed by atoms with Crippen molar-refractivity contribution < 1.29 is 23.8 Å². The maximum atomic E-state index is 13.3. The number of tetrazole rings is 1. The first kappa shape index (κ1) is 29.4. The van der Waals surface area contributed by atoms with E-state index in [1.54, 1.807) is 6.07 Å². The number of carbonyl (C=O) groups excluding carboxylic acids is 2. The van der Waals surface area contributed by atoms with Gasteiger partial charge in [0.25, 0.3) is 0 Å². The van der Waals surface area contributed by atoms with E-state index >= 15 is 0 Å². The smallest absolute Gasteiger partial charge is 0.340 e. The van der Waals surface area contributed by atoms with E-state index in [4.69, 9.17) is 14.2 Å².